The van der Waals surface area contributed by atoms with Crippen LogP contribution in [0.3, 0.4) is 0 Å². The SMILES string of the molecule is N#Cc1ccc(NCCC(=O)Nc2cccc(OCC3CCCN3c3cn[nH]c(=O)c3C(F)(F)F)c2)nc1. The van der Waals surface area contributed by atoms with Crippen molar-refractivity contribution in [3.8, 4) is 11.8 Å². The molecule has 0 aliphatic carbocycles. The van der Waals surface area contributed by atoms with Crippen LogP contribution in [0.4, 0.5) is 30.4 Å². The number of ether oxygens (including phenoxy) is 1. The van der Waals surface area contributed by atoms with Crippen molar-refractivity contribution in [2.75, 3.05) is 35.2 Å². The molecule has 3 aromatic rings. The summed E-state index contributed by atoms with van der Waals surface area (Å²) in [5, 5.41) is 20.0. The Balaban J connectivity index is 1.32. The number of nitrogens with one attached hydrogen (secondary N) is 3. The van der Waals surface area contributed by atoms with Gasteiger partial charge in [-0.1, -0.05) is 6.07 Å². The van der Waals surface area contributed by atoms with Crippen LogP contribution >= 0.6 is 0 Å². The van der Waals surface area contributed by atoms with Crippen LogP contribution in [-0.2, 0) is 11.0 Å². The van der Waals surface area contributed by atoms with Crippen molar-refractivity contribution in [1.82, 2.24) is 15.2 Å². The minimum Gasteiger partial charge on any atom is -0.491 e. The van der Waals surface area contributed by atoms with Crippen molar-refractivity contribution >= 4 is 23.1 Å². The van der Waals surface area contributed by atoms with Crippen molar-refractivity contribution < 1.29 is 22.7 Å². The molecule has 1 unspecified atom stereocenters. The molecule has 1 saturated heterocycles. The number of hydrogen-bond acceptors (Lipinski definition) is 8. The number of aromatic amines is 1. The number of alkyl halides is 3. The van der Waals surface area contributed by atoms with Crippen LogP contribution in [0.2, 0.25) is 0 Å². The number of H-pyrrole nitrogens is 1. The second kappa shape index (κ2) is 11.6. The Kier molecular flexibility index (Phi) is 8.10. The number of benzene rings is 1. The molecule has 0 saturated carbocycles. The van der Waals surface area contributed by atoms with Gasteiger partial charge < -0.3 is 20.3 Å². The Hall–Kier alpha value is -4.60. The molecule has 0 bridgehead atoms. The molecule has 4 rings (SSSR count). The number of anilines is 3. The van der Waals surface area contributed by atoms with E-state index < -0.39 is 17.3 Å². The van der Waals surface area contributed by atoms with E-state index in [-0.39, 0.29) is 30.7 Å². The lowest BCUT2D eigenvalue weighted by atomic mass is 10.2. The Morgan fingerprint density at radius 2 is 2.11 bits per heavy atom. The third-order valence-electron chi connectivity index (χ3n) is 5.92. The molecule has 3 N–H and O–H groups in total. The maximum absolute atomic E-state index is 13.5. The Morgan fingerprint density at radius 1 is 1.26 bits per heavy atom. The van der Waals surface area contributed by atoms with Gasteiger partial charge >= 0.3 is 6.18 Å². The summed E-state index contributed by atoms with van der Waals surface area (Å²) in [7, 11) is 0. The second-order valence-corrected chi connectivity index (χ2v) is 8.55. The van der Waals surface area contributed by atoms with E-state index >= 15 is 0 Å². The average Bonchev–Trinajstić information content (AvgIpc) is 3.36. The molecule has 198 valence electrons. The van der Waals surface area contributed by atoms with Crippen LogP contribution in [-0.4, -0.2) is 46.8 Å². The summed E-state index contributed by atoms with van der Waals surface area (Å²) in [6.45, 7) is 0.753. The largest absolute Gasteiger partial charge is 0.491 e. The first-order valence-electron chi connectivity index (χ1n) is 11.8. The highest BCUT2D eigenvalue weighted by Gasteiger charge is 2.40. The van der Waals surface area contributed by atoms with E-state index in [4.69, 9.17) is 10.00 Å². The van der Waals surface area contributed by atoms with Gasteiger partial charge in [0.2, 0.25) is 5.91 Å². The molecule has 13 heteroatoms. The molecule has 38 heavy (non-hydrogen) atoms. The lowest BCUT2D eigenvalue weighted by molar-refractivity contribution is -0.138. The van der Waals surface area contributed by atoms with Gasteiger partial charge in [-0.3, -0.25) is 9.59 Å². The zero-order valence-electron chi connectivity index (χ0n) is 20.1. The highest BCUT2D eigenvalue weighted by molar-refractivity contribution is 5.91. The summed E-state index contributed by atoms with van der Waals surface area (Å²) in [5.41, 5.74) is -1.88. The minimum absolute atomic E-state index is 0.0863. The van der Waals surface area contributed by atoms with Crippen molar-refractivity contribution in [3.05, 3.63) is 70.3 Å². The summed E-state index contributed by atoms with van der Waals surface area (Å²) >= 11 is 0. The number of aromatic nitrogens is 3. The van der Waals surface area contributed by atoms with E-state index in [1.165, 1.54) is 11.1 Å². The molecule has 0 spiro atoms. The fourth-order valence-corrected chi connectivity index (χ4v) is 4.15. The molecule has 1 fully saturated rings. The van der Waals surface area contributed by atoms with Gasteiger partial charge in [-0.15, -0.1) is 0 Å². The van der Waals surface area contributed by atoms with Gasteiger partial charge in [0, 0.05) is 37.5 Å². The monoisotopic (exact) mass is 527 g/mol. The number of carbonyl (C=O) groups is 1. The standard InChI is InChI=1S/C25H24F3N7O3/c26-25(27,28)23-20(14-32-34-24(23)37)35-10-2-4-18(35)15-38-19-5-1-3-17(11-19)33-22(36)8-9-30-21-7-6-16(12-29)13-31-21/h1,3,5-7,11,13-14,18H,2,4,8-10,15H2,(H,30,31)(H,33,36)(H,34,37). The second-order valence-electron chi connectivity index (χ2n) is 8.55. The molecule has 2 aromatic heterocycles. The fourth-order valence-electron chi connectivity index (χ4n) is 4.15. The van der Waals surface area contributed by atoms with E-state index in [2.05, 4.69) is 20.7 Å². The minimum atomic E-state index is -4.82. The number of nitriles is 1. The maximum atomic E-state index is 13.5. The highest BCUT2D eigenvalue weighted by Crippen LogP contribution is 2.36. The number of carbonyl (C=O) groups excluding carboxylic acids is 1. The molecule has 0 radical (unpaired) electrons. The van der Waals surface area contributed by atoms with Crippen molar-refractivity contribution in [2.24, 2.45) is 0 Å². The average molecular weight is 528 g/mol. The van der Waals surface area contributed by atoms with E-state index in [1.54, 1.807) is 36.4 Å². The topological polar surface area (TPSA) is 136 Å². The van der Waals surface area contributed by atoms with Gasteiger partial charge in [0.1, 0.15) is 29.8 Å². The number of nitrogens with zero attached hydrogens (tertiary/aromatic N) is 4. The molecule has 1 amide bonds. The summed E-state index contributed by atoms with van der Waals surface area (Å²) in [5.74, 6) is 0.743. The zero-order chi connectivity index (χ0) is 27.1. The van der Waals surface area contributed by atoms with Crippen LogP contribution in [0.25, 0.3) is 0 Å². The lowest BCUT2D eigenvalue weighted by Gasteiger charge is -2.28. The van der Waals surface area contributed by atoms with Crippen LogP contribution in [0.5, 0.6) is 5.75 Å². The number of rotatable bonds is 9. The lowest BCUT2D eigenvalue weighted by Crippen LogP contribution is -2.37. The van der Waals surface area contributed by atoms with Gasteiger partial charge in [0.15, 0.2) is 0 Å². The zero-order valence-corrected chi connectivity index (χ0v) is 20.1. The Bertz CT molecular complexity index is 1370. The molecular weight excluding hydrogens is 503 g/mol. The van der Waals surface area contributed by atoms with Gasteiger partial charge in [0.05, 0.1) is 23.5 Å². The first kappa shape index (κ1) is 26.5. The Morgan fingerprint density at radius 3 is 2.84 bits per heavy atom. The van der Waals surface area contributed by atoms with Gasteiger partial charge in [0.25, 0.3) is 5.56 Å². The summed E-state index contributed by atoms with van der Waals surface area (Å²) in [6, 6.07) is 11.6. The maximum Gasteiger partial charge on any atom is 0.423 e. The Labute approximate surface area is 215 Å². The van der Waals surface area contributed by atoms with Crippen molar-refractivity contribution in [1.29, 1.82) is 5.26 Å². The van der Waals surface area contributed by atoms with Crippen LogP contribution in [0.15, 0.2) is 53.6 Å². The molecule has 1 aliphatic rings. The first-order chi connectivity index (χ1) is 18.2. The number of hydrogen-bond donors (Lipinski definition) is 3. The summed E-state index contributed by atoms with van der Waals surface area (Å²) < 4.78 is 46.4. The smallest absolute Gasteiger partial charge is 0.423 e. The first-order valence-corrected chi connectivity index (χ1v) is 11.8. The summed E-state index contributed by atoms with van der Waals surface area (Å²) in [6.07, 6.45) is -0.979. The van der Waals surface area contributed by atoms with E-state index in [0.29, 0.717) is 48.7 Å². The normalized spacial score (nSPS) is 15.1. The van der Waals surface area contributed by atoms with E-state index in [9.17, 15) is 22.8 Å². The van der Waals surface area contributed by atoms with Gasteiger partial charge in [-0.25, -0.2) is 10.1 Å². The molecular formula is C25H24F3N7O3. The molecule has 1 aromatic carbocycles. The molecule has 1 aliphatic heterocycles. The predicted octanol–water partition coefficient (Wildman–Crippen LogP) is 3.54. The van der Waals surface area contributed by atoms with Gasteiger partial charge in [-0.2, -0.15) is 23.5 Å². The highest BCUT2D eigenvalue weighted by atomic mass is 19.4. The number of halogens is 3. The van der Waals surface area contributed by atoms with E-state index in [0.717, 1.165) is 6.20 Å². The molecule has 10 nitrogen and oxygen atoms in total. The third kappa shape index (κ3) is 6.58. The predicted molar refractivity (Wildman–Crippen MR) is 133 cm³/mol. The molecule has 1 atom stereocenters. The van der Waals surface area contributed by atoms with Crippen molar-refractivity contribution in [3.63, 3.8) is 0 Å². The van der Waals surface area contributed by atoms with Crippen LogP contribution in [0, 0.1) is 11.3 Å². The number of amides is 1. The fraction of sp³-hybridized carbons (Fsp3) is 0.320. The van der Waals surface area contributed by atoms with Crippen molar-refractivity contribution in [2.45, 2.75) is 31.5 Å². The summed E-state index contributed by atoms with van der Waals surface area (Å²) in [4.78, 5) is 29.8. The third-order valence-corrected chi connectivity index (χ3v) is 5.92. The van der Waals surface area contributed by atoms with Gasteiger partial charge in [-0.05, 0) is 37.1 Å². The quantitative estimate of drug-likeness (QED) is 0.385. The van der Waals surface area contributed by atoms with Crippen LogP contribution in [0.1, 0.15) is 30.4 Å². The molecule has 3 heterocycles. The van der Waals surface area contributed by atoms with Crippen LogP contribution < -0.4 is 25.8 Å². The number of pyridine rings is 1. The van der Waals surface area contributed by atoms with E-state index in [1.807, 2.05) is 11.2 Å².